The highest BCUT2D eigenvalue weighted by Crippen LogP contribution is 2.28. The van der Waals surface area contributed by atoms with Crippen LogP contribution in [-0.4, -0.2) is 19.2 Å². The Morgan fingerprint density at radius 2 is 1.67 bits per heavy atom. The second kappa shape index (κ2) is 10.1. The summed E-state index contributed by atoms with van der Waals surface area (Å²) in [6.07, 6.45) is 1.28. The lowest BCUT2D eigenvalue weighted by Gasteiger charge is -2.09. The third kappa shape index (κ3) is 5.22. The maximum absolute atomic E-state index is 12.8. The molecule has 0 aliphatic carbocycles. The Bertz CT molecular complexity index is 1670. The summed E-state index contributed by atoms with van der Waals surface area (Å²) in [4.78, 5) is 22.6. The first-order chi connectivity index (χ1) is 17.3. The van der Waals surface area contributed by atoms with Gasteiger partial charge in [0.15, 0.2) is 4.90 Å². The summed E-state index contributed by atoms with van der Waals surface area (Å²) >= 11 is 0. The molecule has 0 saturated carbocycles. The quantitative estimate of drug-likeness (QED) is 0.123. The number of rotatable bonds is 7. The molecule has 1 amide bonds. The van der Waals surface area contributed by atoms with Gasteiger partial charge in [0.2, 0.25) is 0 Å². The fraction of sp³-hybridized carbons (Fsp3) is 0. The van der Waals surface area contributed by atoms with Crippen molar-refractivity contribution < 1.29 is 22.3 Å². The summed E-state index contributed by atoms with van der Waals surface area (Å²) in [5, 5.41) is 25.2. The molecule has 178 valence electrons. The van der Waals surface area contributed by atoms with Gasteiger partial charge in [-0.1, -0.05) is 60.7 Å². The van der Waals surface area contributed by atoms with E-state index in [4.69, 9.17) is 4.18 Å². The minimum Gasteiger partial charge on any atom is -0.379 e. The van der Waals surface area contributed by atoms with Gasteiger partial charge in [0.05, 0.1) is 4.92 Å². The highest BCUT2D eigenvalue weighted by molar-refractivity contribution is 7.87. The predicted molar refractivity (Wildman–Crippen MR) is 134 cm³/mol. The third-order valence-electron chi connectivity index (χ3n) is 5.11. The van der Waals surface area contributed by atoms with Crippen molar-refractivity contribution in [2.24, 2.45) is 0 Å². The van der Waals surface area contributed by atoms with Crippen molar-refractivity contribution in [3.8, 4) is 11.8 Å². The molecular formula is C26H17N3O6S. The maximum Gasteiger partial charge on any atom is 0.346 e. The Hall–Kier alpha value is -5.01. The maximum atomic E-state index is 12.8. The van der Waals surface area contributed by atoms with Crippen molar-refractivity contribution in [1.29, 1.82) is 5.26 Å². The number of nitro benzene ring substituents is 1. The molecule has 0 aliphatic rings. The molecule has 10 heteroatoms. The van der Waals surface area contributed by atoms with E-state index in [1.807, 2.05) is 36.4 Å². The molecule has 0 unspecified atom stereocenters. The molecule has 36 heavy (non-hydrogen) atoms. The van der Waals surface area contributed by atoms with E-state index in [2.05, 4.69) is 5.32 Å². The van der Waals surface area contributed by atoms with Crippen molar-refractivity contribution in [3.63, 3.8) is 0 Å². The van der Waals surface area contributed by atoms with Crippen LogP contribution in [0.4, 0.5) is 11.4 Å². The van der Waals surface area contributed by atoms with E-state index in [0.717, 1.165) is 22.9 Å². The normalized spacial score (nSPS) is 11.5. The van der Waals surface area contributed by atoms with Crippen LogP contribution in [0.25, 0.3) is 16.8 Å². The number of amides is 1. The zero-order valence-corrected chi connectivity index (χ0v) is 19.3. The Morgan fingerprint density at radius 3 is 2.44 bits per heavy atom. The van der Waals surface area contributed by atoms with Crippen LogP contribution in [0.5, 0.6) is 5.75 Å². The first-order valence-electron chi connectivity index (χ1n) is 10.5. The molecule has 4 aromatic carbocycles. The number of hydrogen-bond acceptors (Lipinski definition) is 7. The summed E-state index contributed by atoms with van der Waals surface area (Å²) in [6.45, 7) is 0. The van der Waals surface area contributed by atoms with Crippen LogP contribution < -0.4 is 9.50 Å². The molecule has 9 nitrogen and oxygen atoms in total. The van der Waals surface area contributed by atoms with E-state index in [0.29, 0.717) is 11.3 Å². The van der Waals surface area contributed by atoms with Gasteiger partial charge < -0.3 is 9.50 Å². The molecule has 0 bridgehead atoms. The second-order valence-corrected chi connectivity index (χ2v) is 9.00. The summed E-state index contributed by atoms with van der Waals surface area (Å²) in [5.74, 6) is -0.790. The largest absolute Gasteiger partial charge is 0.379 e. The van der Waals surface area contributed by atoms with Gasteiger partial charge in [-0.05, 0) is 41.3 Å². The van der Waals surface area contributed by atoms with Crippen LogP contribution in [0.2, 0.25) is 0 Å². The molecule has 0 aliphatic heterocycles. The Balaban J connectivity index is 1.59. The van der Waals surface area contributed by atoms with Crippen LogP contribution in [0.1, 0.15) is 5.56 Å². The zero-order chi connectivity index (χ0) is 25.7. The topological polar surface area (TPSA) is 139 Å². The van der Waals surface area contributed by atoms with Crippen LogP contribution in [0, 0.1) is 21.4 Å². The first kappa shape index (κ1) is 24.1. The summed E-state index contributed by atoms with van der Waals surface area (Å²) in [7, 11) is -4.52. The van der Waals surface area contributed by atoms with Crippen LogP contribution in [0.15, 0.2) is 101 Å². The van der Waals surface area contributed by atoms with Gasteiger partial charge in [-0.2, -0.15) is 13.7 Å². The Labute approximate surface area is 206 Å². The van der Waals surface area contributed by atoms with Crippen molar-refractivity contribution in [2.75, 3.05) is 5.32 Å². The number of carbonyl (C=O) groups is 1. The fourth-order valence-corrected chi connectivity index (χ4v) is 4.58. The standard InChI is InChI=1S/C26H17N3O6S/c27-17-20(26(30)28-23-12-6-9-19-8-1-2-11-22(19)23)15-18-7-5-10-21(16-18)35-36(33,34)25-14-4-3-13-24(25)29(31)32/h1-16H,(H,28,30)/b20-15+. The van der Waals surface area contributed by atoms with E-state index >= 15 is 0 Å². The predicted octanol–water partition coefficient (Wildman–Crippen LogP) is 5.06. The molecular weight excluding hydrogens is 482 g/mol. The molecule has 0 radical (unpaired) electrons. The van der Waals surface area contributed by atoms with E-state index in [9.17, 15) is 28.6 Å². The third-order valence-corrected chi connectivity index (χ3v) is 6.40. The van der Waals surface area contributed by atoms with Crippen molar-refractivity contribution >= 4 is 44.2 Å². The van der Waals surface area contributed by atoms with E-state index < -0.39 is 31.5 Å². The number of carbonyl (C=O) groups excluding carboxylic acids is 1. The first-order valence-corrected chi connectivity index (χ1v) is 11.9. The number of para-hydroxylation sites is 1. The summed E-state index contributed by atoms with van der Waals surface area (Å²) < 4.78 is 30.4. The molecule has 4 rings (SSSR count). The fourth-order valence-electron chi connectivity index (χ4n) is 3.49. The van der Waals surface area contributed by atoms with Gasteiger partial charge in [0.25, 0.3) is 11.6 Å². The highest BCUT2D eigenvalue weighted by atomic mass is 32.2. The summed E-state index contributed by atoms with van der Waals surface area (Å²) in [6, 6.07) is 25.2. The summed E-state index contributed by atoms with van der Waals surface area (Å²) in [5.41, 5.74) is 0.00817. The second-order valence-electron chi connectivity index (χ2n) is 7.49. The molecule has 1 N–H and O–H groups in total. The van der Waals surface area contributed by atoms with Gasteiger partial charge in [-0.25, -0.2) is 0 Å². The molecule has 4 aromatic rings. The van der Waals surface area contributed by atoms with E-state index in [-0.39, 0.29) is 11.3 Å². The smallest absolute Gasteiger partial charge is 0.346 e. The van der Waals surface area contributed by atoms with Crippen molar-refractivity contribution in [1.82, 2.24) is 0 Å². The van der Waals surface area contributed by atoms with Gasteiger partial charge >= 0.3 is 10.1 Å². The lowest BCUT2D eigenvalue weighted by Crippen LogP contribution is -2.13. The highest BCUT2D eigenvalue weighted by Gasteiger charge is 2.27. The monoisotopic (exact) mass is 499 g/mol. The number of nitrogens with zero attached hydrogens (tertiary/aromatic N) is 2. The average Bonchev–Trinajstić information content (AvgIpc) is 2.87. The van der Waals surface area contributed by atoms with Crippen LogP contribution in [0.3, 0.4) is 0 Å². The number of benzene rings is 4. The minimum absolute atomic E-state index is 0.145. The van der Waals surface area contributed by atoms with Gasteiger partial charge in [-0.3, -0.25) is 14.9 Å². The number of nitrogens with one attached hydrogen (secondary N) is 1. The molecule has 0 saturated heterocycles. The number of nitriles is 1. The Kier molecular flexibility index (Phi) is 6.76. The van der Waals surface area contributed by atoms with Crippen LogP contribution >= 0.6 is 0 Å². The van der Waals surface area contributed by atoms with E-state index in [1.165, 1.54) is 36.4 Å². The SMILES string of the molecule is N#C/C(=C\c1cccc(OS(=O)(=O)c2ccccc2[N+](=O)[O-])c1)C(=O)Nc1cccc2ccccc12. The van der Waals surface area contributed by atoms with Crippen molar-refractivity contribution in [2.45, 2.75) is 4.90 Å². The van der Waals surface area contributed by atoms with Gasteiger partial charge in [0, 0.05) is 17.1 Å². The number of hydrogen-bond donors (Lipinski definition) is 1. The number of fused-ring (bicyclic) bond motifs is 1. The van der Waals surface area contributed by atoms with Gasteiger partial charge in [0.1, 0.15) is 17.4 Å². The molecule has 0 spiro atoms. The number of anilines is 1. The Morgan fingerprint density at radius 1 is 0.972 bits per heavy atom. The molecule has 0 heterocycles. The van der Waals surface area contributed by atoms with E-state index in [1.54, 1.807) is 18.2 Å². The molecule has 0 fully saturated rings. The van der Waals surface area contributed by atoms with Crippen LogP contribution in [-0.2, 0) is 14.9 Å². The molecule has 0 aromatic heterocycles. The molecule has 0 atom stereocenters. The minimum atomic E-state index is -4.52. The lowest BCUT2D eigenvalue weighted by molar-refractivity contribution is -0.387. The van der Waals surface area contributed by atoms with Gasteiger partial charge in [-0.15, -0.1) is 0 Å². The number of nitro groups is 1. The lowest BCUT2D eigenvalue weighted by atomic mass is 10.1. The average molecular weight is 500 g/mol. The van der Waals surface area contributed by atoms with Crippen molar-refractivity contribution in [3.05, 3.63) is 112 Å². The zero-order valence-electron chi connectivity index (χ0n) is 18.5.